The van der Waals surface area contributed by atoms with E-state index in [0.29, 0.717) is 0 Å². The molecule has 1 N–H and O–H groups in total. The highest BCUT2D eigenvalue weighted by Crippen LogP contribution is 2.21. The summed E-state index contributed by atoms with van der Waals surface area (Å²) in [7, 11) is -4.08. The quantitative estimate of drug-likeness (QED) is 0.140. The highest BCUT2D eigenvalue weighted by molar-refractivity contribution is 7.96. The van der Waals surface area contributed by atoms with Gasteiger partial charge >= 0.3 is 5.97 Å². The second-order valence-electron chi connectivity index (χ2n) is 8.41. The van der Waals surface area contributed by atoms with E-state index in [9.17, 15) is 18.3 Å². The van der Waals surface area contributed by atoms with E-state index in [1.807, 2.05) is 0 Å². The minimum atomic E-state index is -4.08. The molecule has 5 nitrogen and oxygen atoms in total. The summed E-state index contributed by atoms with van der Waals surface area (Å²) >= 11 is 0. The summed E-state index contributed by atoms with van der Waals surface area (Å²) in [5.74, 6) is -1.44. The summed E-state index contributed by atoms with van der Waals surface area (Å²) in [5.41, 5.74) is 0.988. The standard InChI is InChI=1S/C27H43NO4S/c1-4-7-8-9-10-11-12-13-14-16-19-24(28(5-2)6-3)22-23-26(27(29)30)33(31,32)25-20-17-15-18-21-25/h15,17-18,20-23H,4-14,16,19H2,1-3H3,(H,29,30). The van der Waals surface area contributed by atoms with Gasteiger partial charge in [0.05, 0.1) is 4.90 Å². The van der Waals surface area contributed by atoms with Gasteiger partial charge in [-0.1, -0.05) is 82.9 Å². The number of allylic oxidation sites excluding steroid dienone is 3. The van der Waals surface area contributed by atoms with E-state index in [1.54, 1.807) is 24.3 Å². The number of benzene rings is 1. The minimum Gasteiger partial charge on any atom is -0.477 e. The molecule has 0 fully saturated rings. The molecule has 6 heteroatoms. The van der Waals surface area contributed by atoms with E-state index >= 15 is 0 Å². The molecule has 0 aliphatic rings. The summed E-state index contributed by atoms with van der Waals surface area (Å²) in [6.07, 6.45) is 16.3. The molecule has 0 spiro atoms. The molecule has 1 aromatic carbocycles. The van der Waals surface area contributed by atoms with Gasteiger partial charge in [-0.05, 0) is 51.0 Å². The molecular formula is C27H43NO4S. The number of sulfone groups is 1. The number of hydrogen-bond acceptors (Lipinski definition) is 4. The van der Waals surface area contributed by atoms with Gasteiger partial charge in [0.1, 0.15) is 0 Å². The first-order valence-corrected chi connectivity index (χ1v) is 14.1. The maximum absolute atomic E-state index is 12.8. The van der Waals surface area contributed by atoms with Crippen LogP contribution < -0.4 is 0 Å². The SMILES string of the molecule is CCCCCCCCCCCCC(=CC=C(C(=O)O)S(=O)(=O)c1ccccc1)N(CC)CC. The Hall–Kier alpha value is -2.08. The molecular weight excluding hydrogens is 434 g/mol. The first kappa shape index (κ1) is 29.0. The Kier molecular flexibility index (Phi) is 14.5. The fourth-order valence-electron chi connectivity index (χ4n) is 3.94. The van der Waals surface area contributed by atoms with Crippen LogP contribution in [0.5, 0.6) is 0 Å². The topological polar surface area (TPSA) is 74.7 Å². The van der Waals surface area contributed by atoms with Crippen LogP contribution in [-0.4, -0.2) is 37.5 Å². The Morgan fingerprint density at radius 2 is 1.33 bits per heavy atom. The van der Waals surface area contributed by atoms with Crippen molar-refractivity contribution in [3.63, 3.8) is 0 Å². The van der Waals surface area contributed by atoms with Crippen molar-refractivity contribution in [1.82, 2.24) is 4.90 Å². The van der Waals surface area contributed by atoms with Crippen molar-refractivity contribution in [2.45, 2.75) is 96.3 Å². The lowest BCUT2D eigenvalue weighted by molar-refractivity contribution is -0.131. The molecule has 0 radical (unpaired) electrons. The molecule has 0 atom stereocenters. The number of nitrogens with zero attached hydrogens (tertiary/aromatic N) is 1. The van der Waals surface area contributed by atoms with Crippen LogP contribution in [0.1, 0.15) is 91.4 Å². The molecule has 0 amide bonds. The number of unbranched alkanes of at least 4 members (excludes halogenated alkanes) is 9. The van der Waals surface area contributed by atoms with Crippen molar-refractivity contribution in [1.29, 1.82) is 0 Å². The molecule has 0 aromatic heterocycles. The van der Waals surface area contributed by atoms with Crippen molar-refractivity contribution in [2.24, 2.45) is 0 Å². The lowest BCUT2D eigenvalue weighted by Gasteiger charge is -2.24. The van der Waals surface area contributed by atoms with Gasteiger partial charge in [0, 0.05) is 18.8 Å². The average Bonchev–Trinajstić information content (AvgIpc) is 2.80. The zero-order valence-electron chi connectivity index (χ0n) is 20.8. The van der Waals surface area contributed by atoms with Crippen LogP contribution in [-0.2, 0) is 14.6 Å². The Morgan fingerprint density at radius 1 is 0.818 bits per heavy atom. The number of hydrogen-bond donors (Lipinski definition) is 1. The second kappa shape index (κ2) is 16.5. The van der Waals surface area contributed by atoms with Crippen molar-refractivity contribution >= 4 is 15.8 Å². The second-order valence-corrected chi connectivity index (χ2v) is 10.3. The Morgan fingerprint density at radius 3 is 1.82 bits per heavy atom. The smallest absolute Gasteiger partial charge is 0.347 e. The van der Waals surface area contributed by atoms with Gasteiger partial charge in [0.25, 0.3) is 0 Å². The molecule has 0 bridgehead atoms. The van der Waals surface area contributed by atoms with Gasteiger partial charge in [0.2, 0.25) is 9.84 Å². The van der Waals surface area contributed by atoms with Crippen LogP contribution in [0.25, 0.3) is 0 Å². The number of carboxylic acids is 1. The van der Waals surface area contributed by atoms with Gasteiger partial charge in [-0.15, -0.1) is 0 Å². The van der Waals surface area contributed by atoms with Crippen molar-refractivity contribution < 1.29 is 18.3 Å². The molecule has 0 heterocycles. The van der Waals surface area contributed by atoms with Crippen LogP contribution >= 0.6 is 0 Å². The zero-order chi connectivity index (χ0) is 24.5. The molecule has 0 saturated heterocycles. The number of carboxylic acid groups (broad SMARTS) is 1. The molecule has 1 rings (SSSR count). The average molecular weight is 478 g/mol. The third-order valence-corrected chi connectivity index (χ3v) is 7.72. The van der Waals surface area contributed by atoms with Crippen LogP contribution in [0.15, 0.2) is 58.0 Å². The first-order chi connectivity index (χ1) is 15.9. The third-order valence-electron chi connectivity index (χ3n) is 5.94. The largest absolute Gasteiger partial charge is 0.477 e. The van der Waals surface area contributed by atoms with E-state index in [1.165, 1.54) is 69.6 Å². The van der Waals surface area contributed by atoms with Crippen molar-refractivity contribution in [2.75, 3.05) is 13.1 Å². The number of carbonyl (C=O) groups is 1. The van der Waals surface area contributed by atoms with Crippen LogP contribution in [0.3, 0.4) is 0 Å². The normalized spacial score (nSPS) is 12.7. The molecule has 186 valence electrons. The summed E-state index contributed by atoms with van der Waals surface area (Å²) in [6.45, 7) is 7.93. The summed E-state index contributed by atoms with van der Waals surface area (Å²) in [6, 6.07) is 7.73. The van der Waals surface area contributed by atoms with Crippen LogP contribution in [0, 0.1) is 0 Å². The maximum Gasteiger partial charge on any atom is 0.347 e. The summed E-state index contributed by atoms with van der Waals surface area (Å²) in [4.78, 5) is 13.4. The maximum atomic E-state index is 12.8. The molecule has 0 aliphatic carbocycles. The number of rotatable bonds is 18. The van der Waals surface area contributed by atoms with Gasteiger partial charge in [0.15, 0.2) is 4.91 Å². The van der Waals surface area contributed by atoms with E-state index in [-0.39, 0.29) is 4.90 Å². The Balaban J connectivity index is 2.79. The predicted octanol–water partition coefficient (Wildman–Crippen LogP) is 6.97. The summed E-state index contributed by atoms with van der Waals surface area (Å²) < 4.78 is 25.7. The van der Waals surface area contributed by atoms with Gasteiger partial charge in [-0.2, -0.15) is 0 Å². The van der Waals surface area contributed by atoms with Gasteiger partial charge < -0.3 is 10.0 Å². The third kappa shape index (κ3) is 10.6. The Bertz CT molecular complexity index is 840. The fraction of sp³-hybridized carbons (Fsp3) is 0.593. The molecule has 0 aliphatic heterocycles. The van der Waals surface area contributed by atoms with Crippen LogP contribution in [0.2, 0.25) is 0 Å². The lowest BCUT2D eigenvalue weighted by Crippen LogP contribution is -2.22. The van der Waals surface area contributed by atoms with Crippen molar-refractivity contribution in [3.05, 3.63) is 53.1 Å². The van der Waals surface area contributed by atoms with Gasteiger partial charge in [-0.3, -0.25) is 0 Å². The zero-order valence-corrected chi connectivity index (χ0v) is 21.6. The molecule has 0 saturated carbocycles. The van der Waals surface area contributed by atoms with E-state index in [0.717, 1.165) is 38.0 Å². The highest BCUT2D eigenvalue weighted by Gasteiger charge is 2.26. The highest BCUT2D eigenvalue weighted by atomic mass is 32.2. The summed E-state index contributed by atoms with van der Waals surface area (Å²) in [5, 5.41) is 9.61. The molecule has 33 heavy (non-hydrogen) atoms. The molecule has 1 aromatic rings. The fourth-order valence-corrected chi connectivity index (χ4v) is 5.19. The number of aliphatic carboxylic acids is 1. The molecule has 0 unspecified atom stereocenters. The van der Waals surface area contributed by atoms with E-state index in [2.05, 4.69) is 25.7 Å². The van der Waals surface area contributed by atoms with Gasteiger partial charge in [-0.25, -0.2) is 13.2 Å². The van der Waals surface area contributed by atoms with Crippen LogP contribution in [0.4, 0.5) is 0 Å². The predicted molar refractivity (Wildman–Crippen MR) is 137 cm³/mol. The Labute approximate surface area is 201 Å². The van der Waals surface area contributed by atoms with Crippen molar-refractivity contribution in [3.8, 4) is 0 Å². The minimum absolute atomic E-state index is 0.00821. The first-order valence-electron chi connectivity index (χ1n) is 12.6. The van der Waals surface area contributed by atoms with E-state index in [4.69, 9.17) is 0 Å². The lowest BCUT2D eigenvalue weighted by atomic mass is 10.0. The monoisotopic (exact) mass is 477 g/mol. The van der Waals surface area contributed by atoms with E-state index < -0.39 is 20.7 Å².